The molecule has 2 unspecified atom stereocenters. The highest BCUT2D eigenvalue weighted by Crippen LogP contribution is 2.44. The molecular weight excluding hydrogens is 328 g/mol. The van der Waals surface area contributed by atoms with Gasteiger partial charge < -0.3 is 4.90 Å². The van der Waals surface area contributed by atoms with E-state index in [4.69, 9.17) is 0 Å². The quantitative estimate of drug-likeness (QED) is 0.734. The van der Waals surface area contributed by atoms with E-state index in [0.717, 1.165) is 28.4 Å². The zero-order valence-corrected chi connectivity index (χ0v) is 16.7. The van der Waals surface area contributed by atoms with Gasteiger partial charge in [-0.1, -0.05) is 57.5 Å². The van der Waals surface area contributed by atoms with Gasteiger partial charge in [-0.25, -0.2) is 4.98 Å². The standard InChI is InChI=1S/C21H28N2OS/c1-6-10-17-13-23(14(2)21(17,4)5)20(24)18-19(25-15(3)22-18)16-11-8-7-9-12-16/h7-9,11-12,14,17H,6,10,13H2,1-5H3. The molecule has 0 N–H and O–H groups in total. The molecule has 1 amide bonds. The van der Waals surface area contributed by atoms with Gasteiger partial charge in [-0.3, -0.25) is 4.79 Å². The number of nitrogens with zero attached hydrogens (tertiary/aromatic N) is 2. The van der Waals surface area contributed by atoms with E-state index in [0.29, 0.717) is 11.6 Å². The minimum absolute atomic E-state index is 0.0855. The number of carbonyl (C=O) groups excluding carboxylic acids is 1. The van der Waals surface area contributed by atoms with Crippen molar-refractivity contribution in [3.05, 3.63) is 41.0 Å². The number of hydrogen-bond donors (Lipinski definition) is 0. The molecule has 2 aromatic rings. The van der Waals surface area contributed by atoms with E-state index in [1.807, 2.05) is 25.1 Å². The average molecular weight is 357 g/mol. The highest BCUT2D eigenvalue weighted by molar-refractivity contribution is 7.15. The van der Waals surface area contributed by atoms with E-state index in [1.165, 1.54) is 6.42 Å². The summed E-state index contributed by atoms with van der Waals surface area (Å²) in [4.78, 5) is 21.0. The summed E-state index contributed by atoms with van der Waals surface area (Å²) < 4.78 is 0. The van der Waals surface area contributed by atoms with Crippen LogP contribution in [0.25, 0.3) is 10.4 Å². The third-order valence-electron chi connectivity index (χ3n) is 5.88. The molecule has 3 nitrogen and oxygen atoms in total. The molecule has 0 saturated carbocycles. The zero-order chi connectivity index (χ0) is 18.2. The van der Waals surface area contributed by atoms with E-state index in [1.54, 1.807) is 11.3 Å². The molecule has 0 bridgehead atoms. The monoisotopic (exact) mass is 356 g/mol. The molecule has 2 heterocycles. The number of aryl methyl sites for hydroxylation is 1. The fraction of sp³-hybridized carbons (Fsp3) is 0.524. The van der Waals surface area contributed by atoms with Crippen LogP contribution in [0.2, 0.25) is 0 Å². The molecule has 25 heavy (non-hydrogen) atoms. The van der Waals surface area contributed by atoms with Crippen molar-refractivity contribution in [2.24, 2.45) is 11.3 Å². The van der Waals surface area contributed by atoms with Crippen LogP contribution in [0.5, 0.6) is 0 Å². The first-order valence-electron chi connectivity index (χ1n) is 9.20. The van der Waals surface area contributed by atoms with Crippen LogP contribution in [0.4, 0.5) is 0 Å². The molecular formula is C21H28N2OS. The minimum Gasteiger partial charge on any atom is -0.334 e. The predicted molar refractivity (Wildman–Crippen MR) is 105 cm³/mol. The number of thiazole rings is 1. The fourth-order valence-electron chi connectivity index (χ4n) is 3.94. The highest BCUT2D eigenvalue weighted by atomic mass is 32.1. The van der Waals surface area contributed by atoms with Gasteiger partial charge in [0.2, 0.25) is 0 Å². The van der Waals surface area contributed by atoms with Gasteiger partial charge >= 0.3 is 0 Å². The second kappa shape index (κ2) is 6.91. The lowest BCUT2D eigenvalue weighted by Crippen LogP contribution is -2.39. The maximum absolute atomic E-state index is 13.4. The van der Waals surface area contributed by atoms with Crippen LogP contribution >= 0.6 is 11.3 Å². The molecule has 0 aliphatic carbocycles. The molecule has 1 fully saturated rings. The summed E-state index contributed by atoms with van der Waals surface area (Å²) in [5.41, 5.74) is 1.84. The lowest BCUT2D eigenvalue weighted by Gasteiger charge is -2.31. The highest BCUT2D eigenvalue weighted by Gasteiger charge is 2.47. The summed E-state index contributed by atoms with van der Waals surface area (Å²) in [7, 11) is 0. The SMILES string of the molecule is CCCC1CN(C(=O)c2nc(C)sc2-c2ccccc2)C(C)C1(C)C. The van der Waals surface area contributed by atoms with E-state index in [9.17, 15) is 4.79 Å². The molecule has 2 atom stereocenters. The second-order valence-corrected chi connectivity index (χ2v) is 8.92. The van der Waals surface area contributed by atoms with Gasteiger partial charge in [-0.15, -0.1) is 11.3 Å². The van der Waals surface area contributed by atoms with Crippen LogP contribution in [0.15, 0.2) is 30.3 Å². The summed E-state index contributed by atoms with van der Waals surface area (Å²) in [5, 5.41) is 0.943. The van der Waals surface area contributed by atoms with Crippen molar-refractivity contribution >= 4 is 17.2 Å². The number of hydrogen-bond acceptors (Lipinski definition) is 3. The molecule has 0 spiro atoms. The van der Waals surface area contributed by atoms with E-state index in [-0.39, 0.29) is 17.4 Å². The fourth-order valence-corrected chi connectivity index (χ4v) is 4.85. The molecule has 1 aliphatic heterocycles. The summed E-state index contributed by atoms with van der Waals surface area (Å²) in [6, 6.07) is 10.4. The summed E-state index contributed by atoms with van der Waals surface area (Å²) in [6.45, 7) is 11.8. The minimum atomic E-state index is 0.0855. The Labute approximate surface area is 155 Å². The zero-order valence-electron chi connectivity index (χ0n) is 15.9. The van der Waals surface area contributed by atoms with Crippen molar-refractivity contribution in [1.82, 2.24) is 9.88 Å². The summed E-state index contributed by atoms with van der Waals surface area (Å²) in [6.07, 6.45) is 2.33. The van der Waals surface area contributed by atoms with Gasteiger partial charge in [-0.05, 0) is 37.2 Å². The van der Waals surface area contributed by atoms with E-state index in [2.05, 4.69) is 49.7 Å². The van der Waals surface area contributed by atoms with Crippen LogP contribution < -0.4 is 0 Å². The van der Waals surface area contributed by atoms with Crippen LogP contribution in [0.3, 0.4) is 0 Å². The Bertz CT molecular complexity index is 751. The van der Waals surface area contributed by atoms with E-state index >= 15 is 0 Å². The van der Waals surface area contributed by atoms with Crippen LogP contribution in [-0.4, -0.2) is 28.4 Å². The first kappa shape index (κ1) is 18.1. The van der Waals surface area contributed by atoms with Crippen molar-refractivity contribution in [3.8, 4) is 10.4 Å². The number of benzene rings is 1. The maximum Gasteiger partial charge on any atom is 0.274 e. The van der Waals surface area contributed by atoms with Gasteiger partial charge in [-0.2, -0.15) is 0 Å². The normalized spacial score (nSPS) is 22.4. The number of amides is 1. The maximum atomic E-state index is 13.4. The Balaban J connectivity index is 1.95. The molecule has 4 heteroatoms. The number of carbonyl (C=O) groups is 1. The van der Waals surface area contributed by atoms with Gasteiger partial charge in [0.25, 0.3) is 5.91 Å². The Morgan fingerprint density at radius 1 is 1.32 bits per heavy atom. The molecule has 0 radical (unpaired) electrons. The Hall–Kier alpha value is -1.68. The first-order valence-corrected chi connectivity index (χ1v) is 10.0. The predicted octanol–water partition coefficient (Wildman–Crippen LogP) is 5.41. The van der Waals surface area contributed by atoms with Gasteiger partial charge in [0.15, 0.2) is 0 Å². The number of aromatic nitrogens is 1. The van der Waals surface area contributed by atoms with Crippen molar-refractivity contribution in [2.45, 2.75) is 53.5 Å². The summed E-state index contributed by atoms with van der Waals surface area (Å²) >= 11 is 1.61. The van der Waals surface area contributed by atoms with Crippen LogP contribution in [-0.2, 0) is 0 Å². The average Bonchev–Trinajstić information content (AvgIpc) is 3.09. The van der Waals surface area contributed by atoms with Gasteiger partial charge in [0, 0.05) is 12.6 Å². The molecule has 1 aliphatic rings. The lowest BCUT2D eigenvalue weighted by atomic mass is 9.75. The Kier molecular flexibility index (Phi) is 5.01. The topological polar surface area (TPSA) is 33.2 Å². The van der Waals surface area contributed by atoms with Crippen LogP contribution in [0, 0.1) is 18.3 Å². The third-order valence-corrected chi connectivity index (χ3v) is 6.90. The smallest absolute Gasteiger partial charge is 0.274 e. The van der Waals surface area contributed by atoms with Crippen molar-refractivity contribution in [1.29, 1.82) is 0 Å². The first-order chi connectivity index (χ1) is 11.9. The van der Waals surface area contributed by atoms with Gasteiger partial charge in [0.1, 0.15) is 5.69 Å². The molecule has 3 rings (SSSR count). The number of rotatable bonds is 4. The number of likely N-dealkylation sites (tertiary alicyclic amines) is 1. The Morgan fingerprint density at radius 3 is 2.64 bits per heavy atom. The lowest BCUT2D eigenvalue weighted by molar-refractivity contribution is 0.0701. The molecule has 1 aromatic carbocycles. The van der Waals surface area contributed by atoms with Crippen LogP contribution in [0.1, 0.15) is 56.0 Å². The van der Waals surface area contributed by atoms with Gasteiger partial charge in [0.05, 0.1) is 9.88 Å². The summed E-state index contributed by atoms with van der Waals surface area (Å²) in [5.74, 6) is 0.638. The largest absolute Gasteiger partial charge is 0.334 e. The molecule has 1 saturated heterocycles. The Morgan fingerprint density at radius 2 is 2.00 bits per heavy atom. The van der Waals surface area contributed by atoms with E-state index < -0.39 is 0 Å². The molecule has 134 valence electrons. The molecule has 1 aromatic heterocycles. The van der Waals surface area contributed by atoms with Crippen molar-refractivity contribution < 1.29 is 4.79 Å². The third kappa shape index (κ3) is 3.24. The van der Waals surface area contributed by atoms with Crippen molar-refractivity contribution in [3.63, 3.8) is 0 Å². The van der Waals surface area contributed by atoms with Crippen molar-refractivity contribution in [2.75, 3.05) is 6.54 Å². The second-order valence-electron chi connectivity index (χ2n) is 7.72.